The van der Waals surface area contributed by atoms with Gasteiger partial charge in [0.05, 0.1) is 19.8 Å². The highest BCUT2D eigenvalue weighted by molar-refractivity contribution is 7.88. The van der Waals surface area contributed by atoms with E-state index in [0.717, 1.165) is 11.8 Å². The Morgan fingerprint density at radius 3 is 2.62 bits per heavy atom. The molecule has 2 aliphatic rings. The largest absolute Gasteiger partial charge is 0.497 e. The number of likely N-dealkylation sites (tertiary alicyclic amines) is 1. The Hall–Kier alpha value is -2.13. The molecule has 1 amide bonds. The Kier molecular flexibility index (Phi) is 4.70. The predicted molar refractivity (Wildman–Crippen MR) is 93.3 cm³/mol. The van der Waals surface area contributed by atoms with Gasteiger partial charge in [-0.05, 0) is 17.7 Å². The monoisotopic (exact) mass is 382 g/mol. The molecule has 2 aliphatic heterocycles. The Morgan fingerprint density at radius 2 is 2.04 bits per heavy atom. The van der Waals surface area contributed by atoms with Gasteiger partial charge in [0.15, 0.2) is 0 Å². The number of carboxylic acids is 1. The highest BCUT2D eigenvalue weighted by Gasteiger charge is 2.59. The van der Waals surface area contributed by atoms with Crippen molar-refractivity contribution in [2.24, 2.45) is 11.3 Å². The minimum atomic E-state index is -3.46. The number of benzene rings is 1. The Labute approximate surface area is 152 Å². The third-order valence-corrected chi connectivity index (χ3v) is 6.53. The molecule has 0 aromatic heterocycles. The summed E-state index contributed by atoms with van der Waals surface area (Å²) >= 11 is 0. The first-order valence-electron chi connectivity index (χ1n) is 8.25. The number of sulfonamides is 1. The summed E-state index contributed by atoms with van der Waals surface area (Å²) < 4.78 is 29.9. The Balaban J connectivity index is 1.75. The van der Waals surface area contributed by atoms with Crippen molar-refractivity contribution in [3.63, 3.8) is 0 Å². The first kappa shape index (κ1) is 18.7. The summed E-state index contributed by atoms with van der Waals surface area (Å²) in [6, 6.07) is 7.17. The van der Waals surface area contributed by atoms with Crippen LogP contribution in [0.25, 0.3) is 0 Å². The molecule has 0 radical (unpaired) electrons. The van der Waals surface area contributed by atoms with Gasteiger partial charge in [-0.2, -0.15) is 0 Å². The number of ether oxygens (including phenoxy) is 1. The second-order valence-corrected chi connectivity index (χ2v) is 9.00. The maximum Gasteiger partial charge on any atom is 0.313 e. The first-order valence-corrected chi connectivity index (χ1v) is 10.1. The Bertz CT molecular complexity index is 839. The van der Waals surface area contributed by atoms with E-state index in [4.69, 9.17) is 4.74 Å². The van der Waals surface area contributed by atoms with E-state index in [1.807, 2.05) is 6.07 Å². The first-order chi connectivity index (χ1) is 12.2. The molecule has 3 rings (SSSR count). The summed E-state index contributed by atoms with van der Waals surface area (Å²) in [5, 5.41) is 9.74. The number of aliphatic carboxylic acids is 1. The molecule has 8 nitrogen and oxygen atoms in total. The van der Waals surface area contributed by atoms with E-state index in [9.17, 15) is 23.1 Å². The minimum absolute atomic E-state index is 0.0296. The molecule has 2 fully saturated rings. The van der Waals surface area contributed by atoms with Crippen LogP contribution in [0.15, 0.2) is 24.3 Å². The highest BCUT2D eigenvalue weighted by Crippen LogP contribution is 2.43. The van der Waals surface area contributed by atoms with E-state index < -0.39 is 27.3 Å². The fraction of sp³-hybridized carbons (Fsp3) is 0.529. The lowest BCUT2D eigenvalue weighted by Gasteiger charge is -2.24. The standard InChI is InChI=1S/C17H22N2O6S/c1-25-14-5-3-4-12(6-14)7-15(20)18-8-13-9-19(26(2,23)24)11-17(13,10-18)16(21)22/h3-6,13H,7-11H2,1-2H3,(H,21,22)/t13-,17-/m0/s1. The molecule has 1 N–H and O–H groups in total. The van der Waals surface area contributed by atoms with E-state index in [0.29, 0.717) is 5.75 Å². The van der Waals surface area contributed by atoms with E-state index in [1.165, 1.54) is 9.21 Å². The van der Waals surface area contributed by atoms with Gasteiger partial charge in [0.2, 0.25) is 15.9 Å². The highest BCUT2D eigenvalue weighted by atomic mass is 32.2. The van der Waals surface area contributed by atoms with Gasteiger partial charge in [-0.25, -0.2) is 12.7 Å². The van der Waals surface area contributed by atoms with Gasteiger partial charge in [-0.1, -0.05) is 12.1 Å². The number of amides is 1. The molecule has 0 spiro atoms. The molecule has 1 aromatic carbocycles. The van der Waals surface area contributed by atoms with E-state index in [-0.39, 0.29) is 38.5 Å². The molecule has 142 valence electrons. The van der Waals surface area contributed by atoms with E-state index in [1.54, 1.807) is 25.3 Å². The summed E-state index contributed by atoms with van der Waals surface area (Å²) in [7, 11) is -1.91. The summed E-state index contributed by atoms with van der Waals surface area (Å²) in [4.78, 5) is 26.1. The van der Waals surface area contributed by atoms with Crippen LogP contribution in [0, 0.1) is 11.3 Å². The zero-order valence-corrected chi connectivity index (χ0v) is 15.5. The Morgan fingerprint density at radius 1 is 1.31 bits per heavy atom. The average molecular weight is 382 g/mol. The maximum atomic E-state index is 12.6. The second-order valence-electron chi connectivity index (χ2n) is 7.02. The summed E-state index contributed by atoms with van der Waals surface area (Å²) in [6.07, 6.45) is 1.23. The van der Waals surface area contributed by atoms with Crippen LogP contribution in [-0.2, 0) is 26.0 Å². The van der Waals surface area contributed by atoms with Crippen LogP contribution < -0.4 is 4.74 Å². The van der Waals surface area contributed by atoms with Gasteiger partial charge in [-0.15, -0.1) is 0 Å². The quantitative estimate of drug-likeness (QED) is 0.771. The summed E-state index contributed by atoms with van der Waals surface area (Å²) in [5.41, 5.74) is -0.443. The van der Waals surface area contributed by atoms with Crippen LogP contribution in [0.4, 0.5) is 0 Å². The second kappa shape index (κ2) is 6.55. The lowest BCUT2D eigenvalue weighted by molar-refractivity contribution is -0.148. The number of hydrogen-bond acceptors (Lipinski definition) is 5. The van der Waals surface area contributed by atoms with Crippen molar-refractivity contribution in [2.45, 2.75) is 6.42 Å². The summed E-state index contributed by atoms with van der Waals surface area (Å²) in [6.45, 7) is 0.325. The van der Waals surface area contributed by atoms with Crippen molar-refractivity contribution in [3.8, 4) is 5.75 Å². The lowest BCUT2D eigenvalue weighted by atomic mass is 9.81. The van der Waals surface area contributed by atoms with Crippen molar-refractivity contribution < 1.29 is 27.9 Å². The number of nitrogens with zero attached hydrogens (tertiary/aromatic N) is 2. The van der Waals surface area contributed by atoms with Crippen LogP contribution in [0.2, 0.25) is 0 Å². The number of rotatable bonds is 5. The minimum Gasteiger partial charge on any atom is -0.497 e. The van der Waals surface area contributed by atoms with Gasteiger partial charge in [0.1, 0.15) is 11.2 Å². The molecule has 26 heavy (non-hydrogen) atoms. The van der Waals surface area contributed by atoms with Crippen molar-refractivity contribution in [1.29, 1.82) is 0 Å². The van der Waals surface area contributed by atoms with Crippen LogP contribution in [0.3, 0.4) is 0 Å². The zero-order valence-electron chi connectivity index (χ0n) is 14.7. The van der Waals surface area contributed by atoms with Gasteiger partial charge in [0.25, 0.3) is 0 Å². The molecule has 2 saturated heterocycles. The number of carboxylic acid groups (broad SMARTS) is 1. The van der Waals surface area contributed by atoms with Gasteiger partial charge >= 0.3 is 5.97 Å². The van der Waals surface area contributed by atoms with E-state index in [2.05, 4.69) is 0 Å². The molecule has 0 aliphatic carbocycles. The van der Waals surface area contributed by atoms with Crippen LogP contribution >= 0.6 is 0 Å². The number of hydrogen-bond donors (Lipinski definition) is 1. The van der Waals surface area contributed by atoms with Crippen molar-refractivity contribution >= 4 is 21.9 Å². The van der Waals surface area contributed by atoms with Crippen LogP contribution in [0.1, 0.15) is 5.56 Å². The van der Waals surface area contributed by atoms with Crippen LogP contribution in [-0.4, -0.2) is 74.2 Å². The smallest absolute Gasteiger partial charge is 0.313 e. The van der Waals surface area contributed by atoms with Gasteiger partial charge < -0.3 is 14.7 Å². The van der Waals surface area contributed by atoms with Crippen LogP contribution in [0.5, 0.6) is 5.75 Å². The average Bonchev–Trinajstić information content (AvgIpc) is 3.10. The molecule has 9 heteroatoms. The SMILES string of the molecule is COc1cccc(CC(=O)N2C[C@H]3CN(S(C)(=O)=O)C[C@@]3(C(=O)O)C2)c1. The fourth-order valence-electron chi connectivity index (χ4n) is 3.83. The molecule has 0 unspecified atom stereocenters. The molecule has 0 bridgehead atoms. The molecule has 0 saturated carbocycles. The number of carbonyl (C=O) groups is 2. The number of methoxy groups -OCH3 is 1. The molecular formula is C17H22N2O6S. The molecule has 1 aromatic rings. The lowest BCUT2D eigenvalue weighted by Crippen LogP contribution is -2.43. The van der Waals surface area contributed by atoms with Crippen molar-refractivity contribution in [2.75, 3.05) is 39.5 Å². The van der Waals surface area contributed by atoms with Gasteiger partial charge in [0, 0.05) is 32.1 Å². The third kappa shape index (κ3) is 3.28. The molecule has 2 atom stereocenters. The molecular weight excluding hydrogens is 360 g/mol. The number of fused-ring (bicyclic) bond motifs is 1. The van der Waals surface area contributed by atoms with Crippen molar-refractivity contribution in [3.05, 3.63) is 29.8 Å². The maximum absolute atomic E-state index is 12.6. The summed E-state index contributed by atoms with van der Waals surface area (Å²) in [5.74, 6) is -0.965. The van der Waals surface area contributed by atoms with Crippen molar-refractivity contribution in [1.82, 2.24) is 9.21 Å². The topological polar surface area (TPSA) is 104 Å². The normalized spacial score (nSPS) is 25.9. The fourth-order valence-corrected chi connectivity index (χ4v) is 4.75. The zero-order chi connectivity index (χ0) is 19.1. The van der Waals surface area contributed by atoms with Gasteiger partial charge in [-0.3, -0.25) is 9.59 Å². The molecule has 2 heterocycles. The number of carbonyl (C=O) groups excluding carboxylic acids is 1. The predicted octanol–water partition coefficient (Wildman–Crippen LogP) is 0.0423. The van der Waals surface area contributed by atoms with E-state index >= 15 is 0 Å². The third-order valence-electron chi connectivity index (χ3n) is 5.31.